The number of aryl methyl sites for hydroxylation is 1. The van der Waals surface area contributed by atoms with Crippen LogP contribution in [0.25, 0.3) is 0 Å². The average molecular weight is 390 g/mol. The number of hydrogen-bond donors (Lipinski definition) is 3. The number of nitrogens with one attached hydrogen (secondary N) is 2. The molecule has 0 bridgehead atoms. The number of rotatable bonds is 6. The Labute approximate surface area is 168 Å². The topological polar surface area (TPSA) is 105 Å². The number of hydrogen-bond acceptors (Lipinski definition) is 6. The molecule has 2 aromatic heterocycles. The van der Waals surface area contributed by atoms with E-state index < -0.39 is 6.04 Å². The van der Waals surface area contributed by atoms with Gasteiger partial charge in [-0.1, -0.05) is 18.2 Å². The van der Waals surface area contributed by atoms with Crippen molar-refractivity contribution in [2.75, 3.05) is 17.2 Å². The lowest BCUT2D eigenvalue weighted by Crippen LogP contribution is -2.31. The molecule has 4 rings (SSSR count). The van der Waals surface area contributed by atoms with Crippen LogP contribution in [-0.2, 0) is 11.2 Å². The first-order valence-electron chi connectivity index (χ1n) is 9.47. The first kappa shape index (κ1) is 18.8. The van der Waals surface area contributed by atoms with Crippen LogP contribution in [0.1, 0.15) is 30.8 Å². The largest absolute Gasteiger partial charge is 0.396 e. The van der Waals surface area contributed by atoms with Crippen LogP contribution in [0.3, 0.4) is 0 Å². The number of anilines is 2. The van der Waals surface area contributed by atoms with Crippen LogP contribution in [0, 0.1) is 0 Å². The number of carbonyl (C=O) groups is 1. The quantitative estimate of drug-likeness (QED) is 0.597. The molecule has 3 aromatic rings. The van der Waals surface area contributed by atoms with Gasteiger partial charge in [-0.05, 0) is 43.2 Å². The monoisotopic (exact) mass is 390 g/mol. The van der Waals surface area contributed by atoms with E-state index in [4.69, 9.17) is 5.11 Å². The van der Waals surface area contributed by atoms with E-state index in [1.54, 1.807) is 17.1 Å². The van der Waals surface area contributed by atoms with Crippen molar-refractivity contribution in [3.63, 3.8) is 0 Å². The second kappa shape index (κ2) is 8.24. The second-order valence-corrected chi connectivity index (χ2v) is 6.79. The summed E-state index contributed by atoms with van der Waals surface area (Å²) in [5, 5.41) is 19.9. The number of aromatic nitrogens is 4. The van der Waals surface area contributed by atoms with Gasteiger partial charge in [-0.2, -0.15) is 10.1 Å². The second-order valence-electron chi connectivity index (χ2n) is 6.79. The van der Waals surface area contributed by atoms with Gasteiger partial charge in [0, 0.05) is 36.8 Å². The fourth-order valence-corrected chi connectivity index (χ4v) is 3.41. The third-order valence-electron chi connectivity index (χ3n) is 4.75. The molecule has 1 amide bonds. The van der Waals surface area contributed by atoms with Crippen LogP contribution in [0.5, 0.6) is 0 Å². The normalized spacial score (nSPS) is 15.6. The third-order valence-corrected chi connectivity index (χ3v) is 4.75. The molecule has 0 saturated carbocycles. The molecule has 0 spiro atoms. The number of nitrogens with zero attached hydrogens (tertiary/aromatic N) is 4. The van der Waals surface area contributed by atoms with Crippen LogP contribution in [0.2, 0.25) is 0 Å². The lowest BCUT2D eigenvalue weighted by molar-refractivity contribution is -0.113. The highest BCUT2D eigenvalue weighted by molar-refractivity contribution is 6.06. The maximum absolute atomic E-state index is 13.2. The first-order valence-corrected chi connectivity index (χ1v) is 9.47. The Balaban J connectivity index is 1.74. The summed E-state index contributed by atoms with van der Waals surface area (Å²) in [6.07, 6.45) is 4.54. The van der Waals surface area contributed by atoms with Crippen LogP contribution in [-0.4, -0.2) is 37.4 Å². The fourth-order valence-electron chi connectivity index (χ4n) is 3.41. The Morgan fingerprint density at radius 1 is 1.21 bits per heavy atom. The first-order chi connectivity index (χ1) is 14.2. The van der Waals surface area contributed by atoms with Crippen LogP contribution in [0.4, 0.5) is 11.6 Å². The molecule has 0 saturated heterocycles. The van der Waals surface area contributed by atoms with Gasteiger partial charge in [0.15, 0.2) is 5.82 Å². The highest BCUT2D eigenvalue weighted by atomic mass is 16.3. The van der Waals surface area contributed by atoms with Crippen LogP contribution in [0.15, 0.2) is 66.1 Å². The highest BCUT2D eigenvalue weighted by Gasteiger charge is 2.34. The molecule has 0 aliphatic carbocycles. The molecular formula is C21H22N6O2. The number of allylic oxidation sites excluding steroid dienone is 1. The molecule has 0 unspecified atom stereocenters. The van der Waals surface area contributed by atoms with E-state index in [9.17, 15) is 4.79 Å². The van der Waals surface area contributed by atoms with Gasteiger partial charge < -0.3 is 15.7 Å². The van der Waals surface area contributed by atoms with Gasteiger partial charge in [-0.25, -0.2) is 4.68 Å². The van der Waals surface area contributed by atoms with E-state index in [1.807, 2.05) is 49.4 Å². The predicted molar refractivity (Wildman–Crippen MR) is 109 cm³/mol. The number of benzene rings is 1. The SMILES string of the molecule is CC1=C(C(=O)Nc2ccccc2)[C@H](c2ccncc2)n2nc(CCCO)nc2N1. The molecule has 3 heterocycles. The number of fused-ring (bicyclic) bond motifs is 1. The zero-order chi connectivity index (χ0) is 20.2. The van der Waals surface area contributed by atoms with Crippen molar-refractivity contribution in [3.05, 3.63) is 77.5 Å². The van der Waals surface area contributed by atoms with E-state index >= 15 is 0 Å². The molecule has 8 nitrogen and oxygen atoms in total. The molecular weight excluding hydrogens is 368 g/mol. The minimum absolute atomic E-state index is 0.0765. The van der Waals surface area contributed by atoms with Gasteiger partial charge in [0.2, 0.25) is 5.95 Å². The number of amides is 1. The highest BCUT2D eigenvalue weighted by Crippen LogP contribution is 2.35. The molecule has 1 aliphatic rings. The van der Waals surface area contributed by atoms with E-state index in [0.717, 1.165) is 11.3 Å². The van der Waals surface area contributed by atoms with E-state index in [1.165, 1.54) is 0 Å². The van der Waals surface area contributed by atoms with Gasteiger partial charge >= 0.3 is 0 Å². The Morgan fingerprint density at radius 3 is 2.69 bits per heavy atom. The van der Waals surface area contributed by atoms with Crippen molar-refractivity contribution in [1.82, 2.24) is 19.7 Å². The molecule has 29 heavy (non-hydrogen) atoms. The van der Waals surface area contributed by atoms with E-state index in [2.05, 4.69) is 25.7 Å². The lowest BCUT2D eigenvalue weighted by Gasteiger charge is -2.28. The number of pyridine rings is 1. The lowest BCUT2D eigenvalue weighted by atomic mass is 9.96. The smallest absolute Gasteiger partial charge is 0.255 e. The predicted octanol–water partition coefficient (Wildman–Crippen LogP) is 2.53. The molecule has 3 N–H and O–H groups in total. The Hall–Kier alpha value is -3.52. The van der Waals surface area contributed by atoms with Crippen molar-refractivity contribution in [2.24, 2.45) is 0 Å². The zero-order valence-electron chi connectivity index (χ0n) is 16.0. The number of aliphatic hydroxyl groups excluding tert-OH is 1. The van der Waals surface area contributed by atoms with Crippen molar-refractivity contribution in [3.8, 4) is 0 Å². The standard InChI is InChI=1S/C21H22N6O2/c1-14-18(20(29)24-16-6-3-2-4-7-16)19(15-9-11-22-12-10-15)27-21(23-14)25-17(26-27)8-5-13-28/h2-4,6-7,9-12,19,28H,5,8,13H2,1H3,(H,24,29)(H,23,25,26)/t19-/m0/s1. The van der Waals surface area contributed by atoms with Crippen molar-refractivity contribution in [2.45, 2.75) is 25.8 Å². The van der Waals surface area contributed by atoms with Gasteiger partial charge in [0.05, 0.1) is 5.57 Å². The molecule has 1 atom stereocenters. The summed E-state index contributed by atoms with van der Waals surface area (Å²) >= 11 is 0. The van der Waals surface area contributed by atoms with E-state index in [0.29, 0.717) is 35.9 Å². The maximum Gasteiger partial charge on any atom is 0.255 e. The molecule has 1 aromatic carbocycles. The Morgan fingerprint density at radius 2 is 1.97 bits per heavy atom. The third kappa shape index (κ3) is 3.88. The molecule has 0 fully saturated rings. The molecule has 1 aliphatic heterocycles. The zero-order valence-corrected chi connectivity index (χ0v) is 16.0. The summed E-state index contributed by atoms with van der Waals surface area (Å²) in [6, 6.07) is 12.7. The van der Waals surface area contributed by atoms with Gasteiger partial charge in [-0.3, -0.25) is 9.78 Å². The minimum Gasteiger partial charge on any atom is -0.396 e. The van der Waals surface area contributed by atoms with Gasteiger partial charge in [-0.15, -0.1) is 0 Å². The summed E-state index contributed by atoms with van der Waals surface area (Å²) in [5.41, 5.74) is 2.89. The molecule has 0 radical (unpaired) electrons. The number of carbonyl (C=O) groups excluding carboxylic acids is 1. The number of aliphatic hydroxyl groups is 1. The number of para-hydroxylation sites is 1. The summed E-state index contributed by atoms with van der Waals surface area (Å²) in [4.78, 5) is 21.9. The van der Waals surface area contributed by atoms with Crippen LogP contribution >= 0.6 is 0 Å². The average Bonchev–Trinajstić information content (AvgIpc) is 3.14. The summed E-state index contributed by atoms with van der Waals surface area (Å²) in [6.45, 7) is 1.94. The van der Waals surface area contributed by atoms with Gasteiger partial charge in [0.25, 0.3) is 5.91 Å². The molecule has 8 heteroatoms. The summed E-state index contributed by atoms with van der Waals surface area (Å²) in [7, 11) is 0. The summed E-state index contributed by atoms with van der Waals surface area (Å²) in [5.74, 6) is 0.993. The Kier molecular flexibility index (Phi) is 5.35. The Bertz CT molecular complexity index is 1030. The summed E-state index contributed by atoms with van der Waals surface area (Å²) < 4.78 is 1.73. The molecule has 148 valence electrons. The maximum atomic E-state index is 13.2. The van der Waals surface area contributed by atoms with E-state index in [-0.39, 0.29) is 12.5 Å². The fraction of sp³-hybridized carbons (Fsp3) is 0.238. The van der Waals surface area contributed by atoms with Crippen molar-refractivity contribution < 1.29 is 9.90 Å². The van der Waals surface area contributed by atoms with Crippen molar-refractivity contribution >= 4 is 17.5 Å². The van der Waals surface area contributed by atoms with Gasteiger partial charge in [0.1, 0.15) is 6.04 Å². The minimum atomic E-state index is -0.437. The van der Waals surface area contributed by atoms with Crippen LogP contribution < -0.4 is 10.6 Å². The van der Waals surface area contributed by atoms with Crippen molar-refractivity contribution in [1.29, 1.82) is 0 Å².